The predicted octanol–water partition coefficient (Wildman–Crippen LogP) is 3.99. The molecule has 1 aliphatic rings. The van der Waals surface area contributed by atoms with Crippen LogP contribution in [-0.4, -0.2) is 59.1 Å². The third-order valence-corrected chi connectivity index (χ3v) is 5.54. The number of pyridine rings is 1. The van der Waals surface area contributed by atoms with Gasteiger partial charge in [-0.05, 0) is 55.9 Å². The Morgan fingerprint density at radius 3 is 2.29 bits per heavy atom. The molecule has 0 amide bonds. The van der Waals surface area contributed by atoms with E-state index in [0.29, 0.717) is 0 Å². The number of aromatic nitrogens is 2. The van der Waals surface area contributed by atoms with E-state index in [9.17, 15) is 4.39 Å². The van der Waals surface area contributed by atoms with Gasteiger partial charge in [-0.1, -0.05) is 12.1 Å². The van der Waals surface area contributed by atoms with E-state index in [2.05, 4.69) is 38.7 Å². The minimum atomic E-state index is -0.208. The molecule has 1 aromatic carbocycles. The van der Waals surface area contributed by atoms with E-state index in [1.807, 2.05) is 36.7 Å². The molecule has 0 unspecified atom stereocenters. The number of rotatable bonds is 6. The maximum atomic E-state index is 13.4. The molecule has 0 atom stereocenters. The Bertz CT molecular complexity index is 881. The Kier molecular flexibility index (Phi) is 5.84. The highest BCUT2D eigenvalue weighted by Crippen LogP contribution is 2.33. The minimum Gasteiger partial charge on any atom is -0.347 e. The van der Waals surface area contributed by atoms with Gasteiger partial charge in [-0.25, -0.2) is 4.39 Å². The molecule has 0 N–H and O–H groups in total. The fourth-order valence-corrected chi connectivity index (χ4v) is 3.89. The molecule has 0 bridgehead atoms. The normalized spacial score (nSPS) is 15.8. The summed E-state index contributed by atoms with van der Waals surface area (Å²) in [6, 6.07) is 13.0. The fraction of sp³-hybridized carbons (Fsp3) is 0.348. The smallest absolute Gasteiger partial charge is 0.123 e. The first kappa shape index (κ1) is 18.8. The lowest BCUT2D eigenvalue weighted by Gasteiger charge is -2.32. The van der Waals surface area contributed by atoms with E-state index < -0.39 is 0 Å². The van der Waals surface area contributed by atoms with Crippen LogP contribution in [0.3, 0.4) is 0 Å². The summed E-state index contributed by atoms with van der Waals surface area (Å²) < 4.78 is 15.7. The third-order valence-electron chi connectivity index (χ3n) is 5.54. The van der Waals surface area contributed by atoms with Crippen molar-refractivity contribution in [2.24, 2.45) is 0 Å². The molecule has 28 heavy (non-hydrogen) atoms. The van der Waals surface area contributed by atoms with Gasteiger partial charge in [-0.15, -0.1) is 0 Å². The quantitative estimate of drug-likeness (QED) is 0.648. The zero-order valence-corrected chi connectivity index (χ0v) is 16.4. The largest absolute Gasteiger partial charge is 0.347 e. The summed E-state index contributed by atoms with van der Waals surface area (Å²) in [4.78, 5) is 9.10. The molecule has 5 heteroatoms. The molecule has 146 valence electrons. The molecule has 2 aromatic heterocycles. The summed E-state index contributed by atoms with van der Waals surface area (Å²) in [5.74, 6) is -0.208. The molecular formula is C23H27FN4. The van der Waals surface area contributed by atoms with Crippen molar-refractivity contribution in [3.8, 4) is 22.4 Å². The molecule has 4 rings (SSSR count). The van der Waals surface area contributed by atoms with Crippen LogP contribution in [0.5, 0.6) is 0 Å². The number of benzene rings is 1. The van der Waals surface area contributed by atoms with Crippen molar-refractivity contribution in [1.29, 1.82) is 0 Å². The van der Waals surface area contributed by atoms with Crippen molar-refractivity contribution in [1.82, 2.24) is 19.4 Å². The Morgan fingerprint density at radius 2 is 1.57 bits per heavy atom. The molecule has 1 aliphatic heterocycles. The molecule has 0 spiro atoms. The van der Waals surface area contributed by atoms with E-state index >= 15 is 0 Å². The van der Waals surface area contributed by atoms with E-state index in [0.717, 1.165) is 62.4 Å². The maximum Gasteiger partial charge on any atom is 0.123 e. The van der Waals surface area contributed by atoms with Gasteiger partial charge in [0.25, 0.3) is 0 Å². The number of halogens is 1. The number of piperazine rings is 1. The lowest BCUT2D eigenvalue weighted by molar-refractivity contribution is 0.151. The van der Waals surface area contributed by atoms with Crippen LogP contribution >= 0.6 is 0 Å². The van der Waals surface area contributed by atoms with Crippen molar-refractivity contribution in [3.63, 3.8) is 0 Å². The van der Waals surface area contributed by atoms with Crippen molar-refractivity contribution in [2.45, 2.75) is 13.0 Å². The van der Waals surface area contributed by atoms with Crippen LogP contribution in [0.1, 0.15) is 6.42 Å². The number of likely N-dealkylation sites (N-methyl/N-ethyl adjacent to an activating group) is 1. The molecule has 1 saturated heterocycles. The number of hydrogen-bond donors (Lipinski definition) is 0. The number of nitrogens with zero attached hydrogens (tertiary/aromatic N) is 4. The van der Waals surface area contributed by atoms with Crippen molar-refractivity contribution >= 4 is 0 Å². The Balaban J connectivity index is 1.54. The van der Waals surface area contributed by atoms with Crippen LogP contribution < -0.4 is 0 Å². The topological polar surface area (TPSA) is 24.3 Å². The SMILES string of the molecule is CN1CCN(CCCn2ccc(-c3ccc(F)cc3)c2-c2ccncc2)CC1. The summed E-state index contributed by atoms with van der Waals surface area (Å²) in [5, 5.41) is 0. The van der Waals surface area contributed by atoms with Crippen LogP contribution in [0.25, 0.3) is 22.4 Å². The fourth-order valence-electron chi connectivity index (χ4n) is 3.89. The van der Waals surface area contributed by atoms with Gasteiger partial charge in [0, 0.05) is 62.4 Å². The molecule has 3 aromatic rings. The second kappa shape index (κ2) is 8.67. The van der Waals surface area contributed by atoms with Gasteiger partial charge < -0.3 is 14.4 Å². The van der Waals surface area contributed by atoms with Crippen molar-refractivity contribution < 1.29 is 4.39 Å². The molecule has 4 nitrogen and oxygen atoms in total. The maximum absolute atomic E-state index is 13.4. The summed E-state index contributed by atoms with van der Waals surface area (Å²) in [5.41, 5.74) is 4.48. The lowest BCUT2D eigenvalue weighted by atomic mass is 10.0. The summed E-state index contributed by atoms with van der Waals surface area (Å²) in [6.07, 6.45) is 6.91. The summed E-state index contributed by atoms with van der Waals surface area (Å²) in [6.45, 7) is 6.69. The van der Waals surface area contributed by atoms with Crippen LogP contribution in [0, 0.1) is 5.82 Å². The molecule has 1 fully saturated rings. The van der Waals surface area contributed by atoms with Gasteiger partial charge >= 0.3 is 0 Å². The second-order valence-electron chi connectivity index (χ2n) is 7.51. The second-order valence-corrected chi connectivity index (χ2v) is 7.51. The Hall–Kier alpha value is -2.50. The summed E-state index contributed by atoms with van der Waals surface area (Å²) >= 11 is 0. The van der Waals surface area contributed by atoms with Gasteiger partial charge in [-0.3, -0.25) is 4.98 Å². The molecular weight excluding hydrogens is 351 g/mol. The predicted molar refractivity (Wildman–Crippen MR) is 112 cm³/mol. The number of aryl methyl sites for hydroxylation is 1. The van der Waals surface area contributed by atoms with Crippen LogP contribution in [-0.2, 0) is 6.54 Å². The minimum absolute atomic E-state index is 0.208. The standard InChI is InChI=1S/C23H27FN4/c1-26-15-17-27(18-16-26)12-2-13-28-14-9-22(19-3-5-21(24)6-4-19)23(28)20-7-10-25-11-8-20/h3-11,14H,2,12-13,15-18H2,1H3. The zero-order chi connectivity index (χ0) is 19.3. The Labute approximate surface area is 166 Å². The monoisotopic (exact) mass is 378 g/mol. The van der Waals surface area contributed by atoms with Gasteiger partial charge in [0.15, 0.2) is 0 Å². The molecule has 0 saturated carbocycles. The van der Waals surface area contributed by atoms with Crippen molar-refractivity contribution in [3.05, 3.63) is 66.9 Å². The average molecular weight is 378 g/mol. The van der Waals surface area contributed by atoms with Gasteiger partial charge in [0.1, 0.15) is 5.82 Å². The van der Waals surface area contributed by atoms with E-state index in [1.54, 1.807) is 0 Å². The van der Waals surface area contributed by atoms with Crippen LogP contribution in [0.15, 0.2) is 61.1 Å². The first-order chi connectivity index (χ1) is 13.7. The first-order valence-electron chi connectivity index (χ1n) is 9.97. The van der Waals surface area contributed by atoms with Crippen molar-refractivity contribution in [2.75, 3.05) is 39.8 Å². The van der Waals surface area contributed by atoms with E-state index in [-0.39, 0.29) is 5.82 Å². The summed E-state index contributed by atoms with van der Waals surface area (Å²) in [7, 11) is 2.19. The lowest BCUT2D eigenvalue weighted by Crippen LogP contribution is -2.44. The highest BCUT2D eigenvalue weighted by atomic mass is 19.1. The van der Waals surface area contributed by atoms with Gasteiger partial charge in [0.05, 0.1) is 5.69 Å². The highest BCUT2D eigenvalue weighted by molar-refractivity contribution is 5.81. The van der Waals surface area contributed by atoms with Gasteiger partial charge in [-0.2, -0.15) is 0 Å². The first-order valence-corrected chi connectivity index (χ1v) is 9.97. The van der Waals surface area contributed by atoms with E-state index in [4.69, 9.17) is 0 Å². The molecule has 0 radical (unpaired) electrons. The number of hydrogen-bond acceptors (Lipinski definition) is 3. The Morgan fingerprint density at radius 1 is 0.857 bits per heavy atom. The van der Waals surface area contributed by atoms with Crippen LogP contribution in [0.2, 0.25) is 0 Å². The zero-order valence-electron chi connectivity index (χ0n) is 16.4. The third kappa shape index (κ3) is 4.32. The van der Waals surface area contributed by atoms with Crippen LogP contribution in [0.4, 0.5) is 4.39 Å². The highest BCUT2D eigenvalue weighted by Gasteiger charge is 2.15. The molecule has 0 aliphatic carbocycles. The average Bonchev–Trinajstić information content (AvgIpc) is 3.14. The van der Waals surface area contributed by atoms with Gasteiger partial charge in [0.2, 0.25) is 0 Å². The molecule has 3 heterocycles. The van der Waals surface area contributed by atoms with E-state index in [1.165, 1.54) is 17.8 Å².